The summed E-state index contributed by atoms with van der Waals surface area (Å²) in [4.78, 5) is 23.0. The number of amidine groups is 1. The molecule has 1 aromatic carbocycles. The first kappa shape index (κ1) is 17.7. The second-order valence-corrected chi connectivity index (χ2v) is 5.23. The molecule has 134 valence electrons. The van der Waals surface area contributed by atoms with Crippen LogP contribution in [0.25, 0.3) is 0 Å². The zero-order valence-electron chi connectivity index (χ0n) is 13.9. The molecule has 0 saturated carbocycles. The number of benzene rings is 1. The lowest BCUT2D eigenvalue weighted by molar-refractivity contribution is -0.384. The van der Waals surface area contributed by atoms with Gasteiger partial charge in [0.15, 0.2) is 11.7 Å². The van der Waals surface area contributed by atoms with Crippen LogP contribution in [0.15, 0.2) is 77.1 Å². The lowest BCUT2D eigenvalue weighted by Gasteiger charge is -2.05. The normalized spacial score (nSPS) is 11.5. The molecule has 0 saturated heterocycles. The van der Waals surface area contributed by atoms with E-state index in [1.165, 1.54) is 24.4 Å². The first-order valence-electron chi connectivity index (χ1n) is 7.81. The van der Waals surface area contributed by atoms with Gasteiger partial charge in [-0.25, -0.2) is 9.98 Å². The number of rotatable bonds is 5. The first-order chi connectivity index (χ1) is 13.1. The van der Waals surface area contributed by atoms with Crippen LogP contribution in [-0.4, -0.2) is 32.0 Å². The highest BCUT2D eigenvalue weighted by Crippen LogP contribution is 2.21. The number of aliphatic imine (C=N–C) groups is 1. The molecule has 3 rings (SSSR count). The standard InChI is InChI=1S/C18H14N6O3/c25-16-8-7-14(24(26)27)11-13(16)12-21-23-18(15-5-1-3-9-19-15)22-17-6-2-4-10-20-17/h1-12,25H,(H,20,22,23)/b21-12+. The Hall–Kier alpha value is -4.14. The molecule has 0 aliphatic carbocycles. The fourth-order valence-electron chi connectivity index (χ4n) is 2.10. The molecular weight excluding hydrogens is 348 g/mol. The van der Waals surface area contributed by atoms with Crippen molar-refractivity contribution < 1.29 is 10.0 Å². The number of phenols is 1. The van der Waals surface area contributed by atoms with Crippen LogP contribution >= 0.6 is 0 Å². The van der Waals surface area contributed by atoms with E-state index in [1.54, 1.807) is 48.8 Å². The number of hydrogen-bond donors (Lipinski definition) is 2. The van der Waals surface area contributed by atoms with Crippen molar-refractivity contribution >= 4 is 23.6 Å². The van der Waals surface area contributed by atoms with Gasteiger partial charge in [0.25, 0.3) is 5.69 Å². The molecule has 0 fully saturated rings. The van der Waals surface area contributed by atoms with Gasteiger partial charge >= 0.3 is 0 Å². The quantitative estimate of drug-likeness (QED) is 0.311. The number of hydrogen-bond acceptors (Lipinski definition) is 7. The number of hydrazone groups is 1. The van der Waals surface area contributed by atoms with Crippen LogP contribution in [0, 0.1) is 10.1 Å². The molecule has 0 radical (unpaired) electrons. The third-order valence-electron chi connectivity index (χ3n) is 3.38. The van der Waals surface area contributed by atoms with Gasteiger partial charge in [0.2, 0.25) is 0 Å². The largest absolute Gasteiger partial charge is 0.507 e. The number of pyridine rings is 2. The average molecular weight is 362 g/mol. The molecular formula is C18H14N6O3. The number of nitro benzene ring substituents is 1. The molecule has 2 aromatic heterocycles. The van der Waals surface area contributed by atoms with E-state index in [0.29, 0.717) is 17.3 Å². The van der Waals surface area contributed by atoms with E-state index in [0.717, 1.165) is 0 Å². The van der Waals surface area contributed by atoms with Crippen LogP contribution in [0.5, 0.6) is 5.75 Å². The van der Waals surface area contributed by atoms with Crippen LogP contribution < -0.4 is 5.43 Å². The first-order valence-corrected chi connectivity index (χ1v) is 7.81. The Balaban J connectivity index is 1.88. The number of non-ortho nitro benzene ring substituents is 1. The molecule has 2 N–H and O–H groups in total. The van der Waals surface area contributed by atoms with Crippen LogP contribution in [0.2, 0.25) is 0 Å². The van der Waals surface area contributed by atoms with Crippen LogP contribution in [0.3, 0.4) is 0 Å². The fraction of sp³-hybridized carbons (Fsp3) is 0. The summed E-state index contributed by atoms with van der Waals surface area (Å²) in [7, 11) is 0. The Bertz CT molecular complexity index is 990. The smallest absolute Gasteiger partial charge is 0.270 e. The summed E-state index contributed by atoms with van der Waals surface area (Å²) < 4.78 is 0. The maximum atomic E-state index is 10.9. The molecule has 0 amide bonds. The minimum absolute atomic E-state index is 0.132. The summed E-state index contributed by atoms with van der Waals surface area (Å²) >= 11 is 0. The number of nitro groups is 1. The van der Waals surface area contributed by atoms with Crippen molar-refractivity contribution in [3.63, 3.8) is 0 Å². The SMILES string of the molecule is O=[N+]([O-])c1ccc(O)c(/C=N/N/C(=N\c2ccccn2)c2ccccn2)c1. The van der Waals surface area contributed by atoms with Crippen molar-refractivity contribution in [1.82, 2.24) is 15.4 Å². The molecule has 9 nitrogen and oxygen atoms in total. The van der Waals surface area contributed by atoms with Crippen molar-refractivity contribution in [3.8, 4) is 5.75 Å². The van der Waals surface area contributed by atoms with E-state index < -0.39 is 4.92 Å². The van der Waals surface area contributed by atoms with Gasteiger partial charge in [-0.1, -0.05) is 12.1 Å². The Labute approximate surface area is 153 Å². The zero-order chi connectivity index (χ0) is 19.1. The lowest BCUT2D eigenvalue weighted by Crippen LogP contribution is -2.20. The molecule has 0 aliphatic rings. The minimum atomic E-state index is -0.550. The van der Waals surface area contributed by atoms with Crippen LogP contribution in [-0.2, 0) is 0 Å². The zero-order valence-corrected chi connectivity index (χ0v) is 13.9. The molecule has 2 heterocycles. The third kappa shape index (κ3) is 4.69. The Morgan fingerprint density at radius 1 is 1.11 bits per heavy atom. The number of nitrogens with one attached hydrogen (secondary N) is 1. The second kappa shape index (κ2) is 8.30. The van der Waals surface area contributed by atoms with Crippen molar-refractivity contribution in [2.45, 2.75) is 0 Å². The summed E-state index contributed by atoms with van der Waals surface area (Å²) in [6, 6.07) is 14.3. The van der Waals surface area contributed by atoms with Crippen LogP contribution in [0.1, 0.15) is 11.3 Å². The third-order valence-corrected chi connectivity index (χ3v) is 3.38. The summed E-state index contributed by atoms with van der Waals surface area (Å²) in [6.07, 6.45) is 4.49. The molecule has 0 bridgehead atoms. The molecule has 0 unspecified atom stereocenters. The van der Waals surface area contributed by atoms with Crippen molar-refractivity contribution in [3.05, 3.63) is 88.4 Å². The van der Waals surface area contributed by atoms with E-state index in [9.17, 15) is 15.2 Å². The average Bonchev–Trinajstić information content (AvgIpc) is 2.70. The van der Waals surface area contributed by atoms with E-state index in [-0.39, 0.29) is 17.0 Å². The summed E-state index contributed by atoms with van der Waals surface area (Å²) in [5.74, 6) is 0.654. The maximum Gasteiger partial charge on any atom is 0.270 e. The topological polar surface area (TPSA) is 126 Å². The minimum Gasteiger partial charge on any atom is -0.507 e. The predicted octanol–water partition coefficient (Wildman–Crippen LogP) is 2.79. The van der Waals surface area contributed by atoms with Gasteiger partial charge in [0.05, 0.1) is 11.1 Å². The highest BCUT2D eigenvalue weighted by atomic mass is 16.6. The Morgan fingerprint density at radius 2 is 1.89 bits per heavy atom. The summed E-state index contributed by atoms with van der Waals surface area (Å²) in [6.45, 7) is 0. The summed E-state index contributed by atoms with van der Waals surface area (Å²) in [5, 5.41) is 24.7. The van der Waals surface area contributed by atoms with Crippen molar-refractivity contribution in [1.29, 1.82) is 0 Å². The van der Waals surface area contributed by atoms with E-state index in [2.05, 4.69) is 25.5 Å². The number of nitrogens with zero attached hydrogens (tertiary/aromatic N) is 5. The second-order valence-electron chi connectivity index (χ2n) is 5.23. The van der Waals surface area contributed by atoms with Gasteiger partial charge in [-0.15, -0.1) is 0 Å². The Kier molecular flexibility index (Phi) is 5.43. The van der Waals surface area contributed by atoms with Crippen molar-refractivity contribution in [2.75, 3.05) is 0 Å². The van der Waals surface area contributed by atoms with Gasteiger partial charge in [0, 0.05) is 30.1 Å². The lowest BCUT2D eigenvalue weighted by atomic mass is 10.2. The molecule has 0 atom stereocenters. The molecule has 0 spiro atoms. The van der Waals surface area contributed by atoms with E-state index in [1.807, 2.05) is 0 Å². The number of aromatic hydroxyl groups is 1. The summed E-state index contributed by atoms with van der Waals surface area (Å²) in [5.41, 5.74) is 3.31. The van der Waals surface area contributed by atoms with Gasteiger partial charge in [-0.05, 0) is 30.3 Å². The van der Waals surface area contributed by atoms with E-state index >= 15 is 0 Å². The Morgan fingerprint density at radius 3 is 2.56 bits per heavy atom. The van der Waals surface area contributed by atoms with Crippen LogP contribution in [0.4, 0.5) is 11.5 Å². The van der Waals surface area contributed by atoms with E-state index in [4.69, 9.17) is 0 Å². The molecule has 0 aliphatic heterocycles. The van der Waals surface area contributed by atoms with Gasteiger partial charge in [-0.3, -0.25) is 20.5 Å². The van der Waals surface area contributed by atoms with Crippen molar-refractivity contribution in [2.24, 2.45) is 10.1 Å². The predicted molar refractivity (Wildman–Crippen MR) is 100 cm³/mol. The van der Waals surface area contributed by atoms with Gasteiger partial charge < -0.3 is 5.11 Å². The fourth-order valence-corrected chi connectivity index (χ4v) is 2.10. The molecule has 3 aromatic rings. The molecule has 9 heteroatoms. The maximum absolute atomic E-state index is 10.9. The number of phenolic OH excluding ortho intramolecular Hbond substituents is 1. The van der Waals surface area contributed by atoms with Gasteiger partial charge in [0.1, 0.15) is 11.4 Å². The van der Waals surface area contributed by atoms with Gasteiger partial charge in [-0.2, -0.15) is 5.10 Å². The number of aromatic nitrogens is 2. The monoisotopic (exact) mass is 362 g/mol. The molecule has 27 heavy (non-hydrogen) atoms. The highest BCUT2D eigenvalue weighted by molar-refractivity contribution is 5.99. The highest BCUT2D eigenvalue weighted by Gasteiger charge is 2.09.